The van der Waals surface area contributed by atoms with Crippen LogP contribution < -0.4 is 5.32 Å². The number of rotatable bonds is 6. The zero-order chi connectivity index (χ0) is 18.6. The predicted molar refractivity (Wildman–Crippen MR) is 96.2 cm³/mol. The molecule has 6 nitrogen and oxygen atoms in total. The number of hydrogen-bond donors (Lipinski definition) is 1. The van der Waals surface area contributed by atoms with Gasteiger partial charge in [0.15, 0.2) is 0 Å². The highest BCUT2D eigenvalue weighted by atomic mass is 16.5. The summed E-state index contributed by atoms with van der Waals surface area (Å²) in [5, 5.41) is 7.55. The fraction of sp³-hybridized carbons (Fsp3) is 0.737. The summed E-state index contributed by atoms with van der Waals surface area (Å²) in [7, 11) is 1.38. The molecular formula is C19H31N3O3. The van der Waals surface area contributed by atoms with Crippen LogP contribution in [0.5, 0.6) is 0 Å². The topological polar surface area (TPSA) is 73.2 Å². The average molecular weight is 349 g/mol. The van der Waals surface area contributed by atoms with Gasteiger partial charge in [-0.3, -0.25) is 9.48 Å². The van der Waals surface area contributed by atoms with Gasteiger partial charge < -0.3 is 10.1 Å². The second kappa shape index (κ2) is 8.02. The molecule has 0 aromatic carbocycles. The van der Waals surface area contributed by atoms with E-state index < -0.39 is 5.54 Å². The molecule has 1 fully saturated rings. The molecule has 25 heavy (non-hydrogen) atoms. The molecule has 0 bridgehead atoms. The molecule has 1 aromatic rings. The van der Waals surface area contributed by atoms with Gasteiger partial charge >= 0.3 is 5.97 Å². The van der Waals surface area contributed by atoms with Crippen molar-refractivity contribution in [3.8, 4) is 0 Å². The van der Waals surface area contributed by atoms with Crippen molar-refractivity contribution in [2.24, 2.45) is 5.92 Å². The van der Waals surface area contributed by atoms with Crippen molar-refractivity contribution in [3.63, 3.8) is 0 Å². The molecule has 140 valence electrons. The van der Waals surface area contributed by atoms with E-state index in [4.69, 9.17) is 4.74 Å². The van der Waals surface area contributed by atoms with E-state index in [9.17, 15) is 9.59 Å². The van der Waals surface area contributed by atoms with Crippen LogP contribution in [0.2, 0.25) is 0 Å². The first-order chi connectivity index (χ1) is 11.8. The lowest BCUT2D eigenvalue weighted by atomic mass is 9.81. The van der Waals surface area contributed by atoms with Gasteiger partial charge in [0.2, 0.25) is 5.91 Å². The van der Waals surface area contributed by atoms with Crippen molar-refractivity contribution in [1.82, 2.24) is 15.1 Å². The summed E-state index contributed by atoms with van der Waals surface area (Å²) in [6.07, 6.45) is 4.49. The zero-order valence-electron chi connectivity index (χ0n) is 16.1. The highest BCUT2D eigenvalue weighted by molar-refractivity contribution is 5.89. The molecule has 1 aromatic heterocycles. The van der Waals surface area contributed by atoms with Gasteiger partial charge in [-0.15, -0.1) is 0 Å². The smallest absolute Gasteiger partial charge is 0.331 e. The number of esters is 1. The molecule has 0 saturated heterocycles. The highest BCUT2D eigenvalue weighted by Gasteiger charge is 2.42. The van der Waals surface area contributed by atoms with Crippen LogP contribution in [0.15, 0.2) is 0 Å². The minimum absolute atomic E-state index is 0.136. The Morgan fingerprint density at radius 3 is 2.44 bits per heavy atom. The number of aromatic nitrogens is 2. The number of carbonyl (C=O) groups excluding carboxylic acids is 2. The lowest BCUT2D eigenvalue weighted by molar-refractivity contribution is -0.152. The molecule has 1 aliphatic rings. The van der Waals surface area contributed by atoms with E-state index in [0.717, 1.165) is 42.8 Å². The Bertz CT molecular complexity index is 628. The number of nitrogens with zero attached hydrogens (tertiary/aromatic N) is 2. The quantitative estimate of drug-likeness (QED) is 0.802. The Labute approximate surface area is 150 Å². The molecule has 1 aliphatic carbocycles. The van der Waals surface area contributed by atoms with Gasteiger partial charge in [0.1, 0.15) is 5.54 Å². The lowest BCUT2D eigenvalue weighted by Gasteiger charge is -2.35. The van der Waals surface area contributed by atoms with E-state index >= 15 is 0 Å². The zero-order valence-corrected chi connectivity index (χ0v) is 16.1. The molecule has 0 radical (unpaired) electrons. The average Bonchev–Trinajstić information content (AvgIpc) is 2.81. The van der Waals surface area contributed by atoms with Gasteiger partial charge in [-0.05, 0) is 32.6 Å². The number of carbonyl (C=O) groups is 2. The molecule has 1 heterocycles. The van der Waals surface area contributed by atoms with Crippen LogP contribution in [0.4, 0.5) is 0 Å². The van der Waals surface area contributed by atoms with E-state index in [2.05, 4.69) is 24.3 Å². The van der Waals surface area contributed by atoms with Crippen LogP contribution in [0.25, 0.3) is 0 Å². The number of hydrogen-bond acceptors (Lipinski definition) is 4. The first kappa shape index (κ1) is 19.5. The second-order valence-electron chi connectivity index (χ2n) is 7.58. The summed E-state index contributed by atoms with van der Waals surface area (Å²) in [5.41, 5.74) is 2.00. The van der Waals surface area contributed by atoms with Crippen LogP contribution in [0.1, 0.15) is 62.9 Å². The van der Waals surface area contributed by atoms with Gasteiger partial charge in [0.25, 0.3) is 0 Å². The Kier molecular flexibility index (Phi) is 6.25. The van der Waals surface area contributed by atoms with Gasteiger partial charge in [0.05, 0.1) is 19.2 Å². The summed E-state index contributed by atoms with van der Waals surface area (Å²) in [4.78, 5) is 25.0. The van der Waals surface area contributed by atoms with Gasteiger partial charge in [-0.1, -0.05) is 33.1 Å². The maximum Gasteiger partial charge on any atom is 0.331 e. The molecular weight excluding hydrogens is 318 g/mol. The summed E-state index contributed by atoms with van der Waals surface area (Å²) in [6, 6.07) is 0. The molecule has 1 amide bonds. The van der Waals surface area contributed by atoms with Crippen LogP contribution >= 0.6 is 0 Å². The van der Waals surface area contributed by atoms with Crippen molar-refractivity contribution in [2.75, 3.05) is 7.11 Å². The summed E-state index contributed by atoms with van der Waals surface area (Å²) < 4.78 is 6.94. The Morgan fingerprint density at radius 2 is 1.88 bits per heavy atom. The fourth-order valence-electron chi connectivity index (χ4n) is 3.72. The summed E-state index contributed by atoms with van der Waals surface area (Å²) in [5.74, 6) is 0.0246. The minimum atomic E-state index is -0.861. The summed E-state index contributed by atoms with van der Waals surface area (Å²) in [6.45, 7) is 9.06. The van der Waals surface area contributed by atoms with E-state index in [-0.39, 0.29) is 18.3 Å². The number of aryl methyl sites for hydroxylation is 1. The van der Waals surface area contributed by atoms with Crippen molar-refractivity contribution < 1.29 is 14.3 Å². The number of ether oxygens (including phenoxy) is 1. The van der Waals surface area contributed by atoms with Crippen molar-refractivity contribution in [1.29, 1.82) is 0 Å². The largest absolute Gasteiger partial charge is 0.467 e. The fourth-order valence-corrected chi connectivity index (χ4v) is 3.72. The Hall–Kier alpha value is -1.85. The number of methoxy groups -OCH3 is 1. The highest BCUT2D eigenvalue weighted by Crippen LogP contribution is 2.29. The molecule has 0 atom stereocenters. The van der Waals surface area contributed by atoms with Gasteiger partial charge in [-0.2, -0.15) is 5.10 Å². The van der Waals surface area contributed by atoms with Crippen LogP contribution in [-0.2, 0) is 27.3 Å². The van der Waals surface area contributed by atoms with Crippen LogP contribution in [0, 0.1) is 19.8 Å². The maximum absolute atomic E-state index is 12.7. The lowest BCUT2D eigenvalue weighted by Crippen LogP contribution is -2.56. The first-order valence-electron chi connectivity index (χ1n) is 9.21. The van der Waals surface area contributed by atoms with Crippen molar-refractivity contribution in [2.45, 2.75) is 78.3 Å². The third kappa shape index (κ3) is 4.41. The normalized spacial score (nSPS) is 16.7. The summed E-state index contributed by atoms with van der Waals surface area (Å²) >= 11 is 0. The van der Waals surface area contributed by atoms with E-state index in [1.807, 2.05) is 18.5 Å². The predicted octanol–water partition coefficient (Wildman–Crippen LogP) is 2.69. The van der Waals surface area contributed by atoms with Gasteiger partial charge in [-0.25, -0.2) is 4.79 Å². The third-order valence-electron chi connectivity index (χ3n) is 5.07. The molecule has 0 spiro atoms. The number of nitrogens with one attached hydrogen (secondary N) is 1. The maximum atomic E-state index is 12.7. The first-order valence-corrected chi connectivity index (χ1v) is 9.21. The number of amides is 1. The monoisotopic (exact) mass is 349 g/mol. The van der Waals surface area contributed by atoms with Crippen molar-refractivity contribution >= 4 is 11.9 Å². The van der Waals surface area contributed by atoms with E-state index in [1.165, 1.54) is 7.11 Å². The molecule has 2 rings (SSSR count). The molecule has 0 unspecified atom stereocenters. The molecule has 6 heteroatoms. The Morgan fingerprint density at radius 1 is 1.24 bits per heavy atom. The van der Waals surface area contributed by atoms with Crippen molar-refractivity contribution in [3.05, 3.63) is 17.0 Å². The second-order valence-corrected chi connectivity index (χ2v) is 7.58. The van der Waals surface area contributed by atoms with Crippen LogP contribution in [-0.4, -0.2) is 34.3 Å². The van der Waals surface area contributed by atoms with E-state index in [1.54, 1.807) is 0 Å². The Balaban J connectivity index is 2.13. The molecule has 1 N–H and O–H groups in total. The minimum Gasteiger partial charge on any atom is -0.467 e. The van der Waals surface area contributed by atoms with E-state index in [0.29, 0.717) is 18.8 Å². The third-order valence-corrected chi connectivity index (χ3v) is 5.07. The molecule has 1 saturated carbocycles. The van der Waals surface area contributed by atoms with Crippen LogP contribution in [0.3, 0.4) is 0 Å². The standard InChI is InChI=1S/C19H31N3O3/c1-13(2)12-22-15(4)16(14(3)21-22)11-17(23)20-19(18(24)25-5)9-7-6-8-10-19/h13H,6-12H2,1-5H3,(H,20,23). The SMILES string of the molecule is COC(=O)C1(NC(=O)Cc2c(C)nn(CC(C)C)c2C)CCCCC1. The molecule has 0 aliphatic heterocycles. The van der Waals surface area contributed by atoms with Gasteiger partial charge in [0, 0.05) is 17.8 Å².